The van der Waals surface area contributed by atoms with Crippen LogP contribution in [0.5, 0.6) is 0 Å². The van der Waals surface area contributed by atoms with Crippen LogP contribution in [0.3, 0.4) is 0 Å². The maximum Gasteiger partial charge on any atom is 0.129 e. The fourth-order valence-electron chi connectivity index (χ4n) is 2.56. The van der Waals surface area contributed by atoms with Crippen molar-refractivity contribution in [2.45, 2.75) is 19.8 Å². The Morgan fingerprint density at radius 1 is 1.33 bits per heavy atom. The molecule has 3 heteroatoms. The summed E-state index contributed by atoms with van der Waals surface area (Å²) in [6.45, 7) is 4.68. The average Bonchev–Trinajstić information content (AvgIpc) is 2.68. The molecule has 1 aromatic rings. The van der Waals surface area contributed by atoms with E-state index in [0.29, 0.717) is 18.0 Å². The lowest BCUT2D eigenvalue weighted by Crippen LogP contribution is -2.05. The van der Waals surface area contributed by atoms with E-state index in [4.69, 9.17) is 5.73 Å². The van der Waals surface area contributed by atoms with Crippen LogP contribution < -0.4 is 5.73 Å². The summed E-state index contributed by atoms with van der Waals surface area (Å²) >= 11 is 0. The summed E-state index contributed by atoms with van der Waals surface area (Å²) in [7, 11) is 0. The quantitative estimate of drug-likeness (QED) is 0.799. The van der Waals surface area contributed by atoms with Gasteiger partial charge in [0.05, 0.1) is 0 Å². The minimum absolute atomic E-state index is 0.0351. The van der Waals surface area contributed by atoms with Crippen LogP contribution in [-0.4, -0.2) is 6.54 Å². The monoisotopic (exact) mass is 211 g/mol. The molecule has 1 fully saturated rings. The summed E-state index contributed by atoms with van der Waals surface area (Å²) in [5.74, 6) is -0.552. The van der Waals surface area contributed by atoms with Gasteiger partial charge in [0.15, 0.2) is 0 Å². The van der Waals surface area contributed by atoms with E-state index in [1.807, 2.05) is 0 Å². The Morgan fingerprint density at radius 2 is 2.00 bits per heavy atom. The fourth-order valence-corrected chi connectivity index (χ4v) is 2.56. The van der Waals surface area contributed by atoms with E-state index >= 15 is 0 Å². The molecule has 1 aliphatic rings. The Bertz CT molecular complexity index is 387. The van der Waals surface area contributed by atoms with Crippen LogP contribution in [0.2, 0.25) is 0 Å². The van der Waals surface area contributed by atoms with Crippen LogP contribution in [0.1, 0.15) is 25.3 Å². The first-order chi connectivity index (χ1) is 6.98. The lowest BCUT2D eigenvalue weighted by Gasteiger charge is -2.04. The van der Waals surface area contributed by atoms with Crippen molar-refractivity contribution in [3.05, 3.63) is 35.4 Å². The Labute approximate surface area is 88.3 Å². The molecule has 1 nitrogen and oxygen atoms in total. The van der Waals surface area contributed by atoms with Gasteiger partial charge in [0.25, 0.3) is 0 Å². The topological polar surface area (TPSA) is 26.0 Å². The molecule has 0 spiro atoms. The number of benzene rings is 1. The first-order valence-electron chi connectivity index (χ1n) is 5.13. The molecule has 1 aromatic carbocycles. The smallest absolute Gasteiger partial charge is 0.129 e. The third-order valence-electron chi connectivity index (χ3n) is 3.60. The van der Waals surface area contributed by atoms with Gasteiger partial charge in [0.1, 0.15) is 11.6 Å². The molecule has 0 aromatic heterocycles. The molecule has 0 amide bonds. The summed E-state index contributed by atoms with van der Waals surface area (Å²) in [5, 5.41) is 0. The van der Waals surface area contributed by atoms with Crippen molar-refractivity contribution in [2.75, 3.05) is 6.54 Å². The Balaban J connectivity index is 2.33. The molecule has 15 heavy (non-hydrogen) atoms. The van der Waals surface area contributed by atoms with Crippen LogP contribution in [0.4, 0.5) is 8.78 Å². The van der Waals surface area contributed by atoms with Gasteiger partial charge in [0, 0.05) is 6.07 Å². The molecule has 0 radical (unpaired) electrons. The van der Waals surface area contributed by atoms with Gasteiger partial charge in [0.2, 0.25) is 0 Å². The average molecular weight is 211 g/mol. The summed E-state index contributed by atoms with van der Waals surface area (Å²) in [6.07, 6.45) is 0. The summed E-state index contributed by atoms with van der Waals surface area (Å²) in [6, 6.07) is 3.78. The van der Waals surface area contributed by atoms with Crippen LogP contribution in [0, 0.1) is 23.0 Å². The van der Waals surface area contributed by atoms with Crippen LogP contribution in [0.15, 0.2) is 18.2 Å². The SMILES string of the molecule is CC1(C)C(CN)C1c1ccc(F)cc1F. The zero-order valence-electron chi connectivity index (χ0n) is 8.93. The van der Waals surface area contributed by atoms with E-state index < -0.39 is 11.6 Å². The molecule has 2 rings (SSSR count). The molecule has 0 saturated heterocycles. The number of nitrogens with two attached hydrogens (primary N) is 1. The Hall–Kier alpha value is -0.960. The normalized spacial score (nSPS) is 27.8. The predicted octanol–water partition coefficient (Wildman–Crippen LogP) is 2.66. The number of hydrogen-bond donors (Lipinski definition) is 1. The van der Waals surface area contributed by atoms with Gasteiger partial charge in [-0.1, -0.05) is 19.9 Å². The van der Waals surface area contributed by atoms with E-state index in [1.165, 1.54) is 12.1 Å². The van der Waals surface area contributed by atoms with Crippen molar-refractivity contribution in [2.24, 2.45) is 17.1 Å². The van der Waals surface area contributed by atoms with E-state index in [1.54, 1.807) is 0 Å². The summed E-state index contributed by atoms with van der Waals surface area (Å²) in [4.78, 5) is 0. The highest BCUT2D eigenvalue weighted by Gasteiger charge is 2.57. The van der Waals surface area contributed by atoms with Crippen molar-refractivity contribution < 1.29 is 8.78 Å². The Morgan fingerprint density at radius 3 is 2.47 bits per heavy atom. The summed E-state index contributed by atoms with van der Waals surface area (Å²) < 4.78 is 26.3. The standard InChI is InChI=1S/C12H15F2N/c1-12(2)9(6-15)11(12)8-4-3-7(13)5-10(8)14/h3-5,9,11H,6,15H2,1-2H3. The van der Waals surface area contributed by atoms with Gasteiger partial charge >= 0.3 is 0 Å². The van der Waals surface area contributed by atoms with Gasteiger partial charge in [-0.3, -0.25) is 0 Å². The number of rotatable bonds is 2. The first kappa shape index (κ1) is 10.6. The lowest BCUT2D eigenvalue weighted by atomic mass is 10.0. The molecule has 2 N–H and O–H groups in total. The Kier molecular flexibility index (Phi) is 2.30. The molecule has 2 atom stereocenters. The molecule has 1 saturated carbocycles. The maximum atomic E-state index is 13.5. The van der Waals surface area contributed by atoms with E-state index in [0.717, 1.165) is 6.07 Å². The zero-order valence-corrected chi connectivity index (χ0v) is 8.93. The van der Waals surface area contributed by atoms with Crippen LogP contribution in [-0.2, 0) is 0 Å². The van der Waals surface area contributed by atoms with E-state index in [2.05, 4.69) is 13.8 Å². The molecular formula is C12H15F2N. The van der Waals surface area contributed by atoms with Gasteiger partial charge < -0.3 is 5.73 Å². The van der Waals surface area contributed by atoms with E-state index in [-0.39, 0.29) is 11.3 Å². The van der Waals surface area contributed by atoms with Crippen molar-refractivity contribution >= 4 is 0 Å². The van der Waals surface area contributed by atoms with Crippen molar-refractivity contribution in [1.29, 1.82) is 0 Å². The first-order valence-corrected chi connectivity index (χ1v) is 5.13. The minimum atomic E-state index is -0.529. The molecular weight excluding hydrogens is 196 g/mol. The summed E-state index contributed by atoms with van der Waals surface area (Å²) in [5.41, 5.74) is 6.25. The third-order valence-corrected chi connectivity index (χ3v) is 3.60. The predicted molar refractivity (Wildman–Crippen MR) is 55.4 cm³/mol. The highest BCUT2D eigenvalue weighted by atomic mass is 19.1. The number of halogens is 2. The van der Waals surface area contributed by atoms with Crippen molar-refractivity contribution in [1.82, 2.24) is 0 Å². The molecule has 1 aliphatic carbocycles. The lowest BCUT2D eigenvalue weighted by molar-refractivity contribution is 0.544. The highest BCUT2D eigenvalue weighted by Crippen LogP contribution is 2.64. The molecule has 2 unspecified atom stereocenters. The van der Waals surface area contributed by atoms with Gasteiger partial charge in [-0.2, -0.15) is 0 Å². The van der Waals surface area contributed by atoms with Crippen LogP contribution in [0.25, 0.3) is 0 Å². The van der Waals surface area contributed by atoms with Crippen molar-refractivity contribution in [3.63, 3.8) is 0 Å². The van der Waals surface area contributed by atoms with Gasteiger partial charge in [-0.25, -0.2) is 8.78 Å². The van der Waals surface area contributed by atoms with Gasteiger partial charge in [-0.05, 0) is 35.4 Å². The largest absolute Gasteiger partial charge is 0.330 e. The zero-order chi connectivity index (χ0) is 11.2. The molecule has 0 aliphatic heterocycles. The maximum absolute atomic E-state index is 13.5. The third kappa shape index (κ3) is 1.55. The number of hydrogen-bond acceptors (Lipinski definition) is 1. The van der Waals surface area contributed by atoms with E-state index in [9.17, 15) is 8.78 Å². The van der Waals surface area contributed by atoms with Crippen LogP contribution >= 0.6 is 0 Å². The van der Waals surface area contributed by atoms with Gasteiger partial charge in [-0.15, -0.1) is 0 Å². The fraction of sp³-hybridized carbons (Fsp3) is 0.500. The molecule has 82 valence electrons. The second-order valence-electron chi connectivity index (χ2n) is 4.81. The molecule has 0 bridgehead atoms. The van der Waals surface area contributed by atoms with Crippen molar-refractivity contribution in [3.8, 4) is 0 Å². The molecule has 0 heterocycles. The second-order valence-corrected chi connectivity index (χ2v) is 4.81. The highest BCUT2D eigenvalue weighted by molar-refractivity contribution is 5.33. The second kappa shape index (κ2) is 3.27. The minimum Gasteiger partial charge on any atom is -0.330 e.